The Kier molecular flexibility index (Phi) is 5.86. The average Bonchev–Trinajstić information content (AvgIpc) is 3.08. The molecule has 1 atom stereocenters. The summed E-state index contributed by atoms with van der Waals surface area (Å²) < 4.78 is 7.98. The van der Waals surface area contributed by atoms with Gasteiger partial charge >= 0.3 is 0 Å². The van der Waals surface area contributed by atoms with Crippen LogP contribution in [0, 0.1) is 20.8 Å². The van der Waals surface area contributed by atoms with Crippen LogP contribution in [0.2, 0.25) is 0 Å². The van der Waals surface area contributed by atoms with E-state index in [1.807, 2.05) is 36.4 Å². The second-order valence-corrected chi connectivity index (χ2v) is 7.94. The highest BCUT2D eigenvalue weighted by molar-refractivity contribution is 5.76. The van der Waals surface area contributed by atoms with Crippen molar-refractivity contribution in [1.82, 2.24) is 9.55 Å². The summed E-state index contributed by atoms with van der Waals surface area (Å²) in [6, 6.07) is 22.5. The van der Waals surface area contributed by atoms with Gasteiger partial charge in [0.05, 0.1) is 17.6 Å². The highest BCUT2D eigenvalue weighted by Crippen LogP contribution is 2.21. The molecule has 0 aliphatic heterocycles. The lowest BCUT2D eigenvalue weighted by Gasteiger charge is -2.16. The van der Waals surface area contributed by atoms with Crippen LogP contribution in [-0.4, -0.2) is 27.4 Å². The number of aryl methyl sites for hydroxylation is 3. The van der Waals surface area contributed by atoms with Gasteiger partial charge in [-0.1, -0.05) is 42.5 Å². The van der Waals surface area contributed by atoms with Crippen LogP contribution in [-0.2, 0) is 13.0 Å². The Morgan fingerprint density at radius 2 is 1.67 bits per heavy atom. The van der Waals surface area contributed by atoms with E-state index in [1.165, 1.54) is 22.3 Å². The lowest BCUT2D eigenvalue weighted by Crippen LogP contribution is -2.24. The number of para-hydroxylation sites is 2. The van der Waals surface area contributed by atoms with Crippen molar-refractivity contribution in [2.45, 2.75) is 39.8 Å². The average molecular weight is 401 g/mol. The lowest BCUT2D eigenvalue weighted by atomic mass is 10.1. The lowest BCUT2D eigenvalue weighted by molar-refractivity contribution is 0.0927. The number of rotatable bonds is 7. The molecule has 1 heterocycles. The smallest absolute Gasteiger partial charge is 0.119 e. The highest BCUT2D eigenvalue weighted by atomic mass is 16.5. The molecule has 0 spiro atoms. The molecule has 0 fully saturated rings. The molecule has 4 aromatic rings. The van der Waals surface area contributed by atoms with Crippen LogP contribution in [0.25, 0.3) is 11.0 Å². The van der Waals surface area contributed by atoms with Gasteiger partial charge in [-0.25, -0.2) is 4.98 Å². The molecule has 1 aromatic heterocycles. The van der Waals surface area contributed by atoms with Gasteiger partial charge in [-0.05, 0) is 67.3 Å². The van der Waals surface area contributed by atoms with Crippen LogP contribution in [0.3, 0.4) is 0 Å². The van der Waals surface area contributed by atoms with Crippen molar-refractivity contribution in [1.29, 1.82) is 0 Å². The number of ether oxygens (including phenoxy) is 1. The summed E-state index contributed by atoms with van der Waals surface area (Å²) in [6.45, 7) is 6.93. The van der Waals surface area contributed by atoms with Crippen LogP contribution in [0.4, 0.5) is 0 Å². The van der Waals surface area contributed by atoms with E-state index in [4.69, 9.17) is 9.72 Å². The quantitative estimate of drug-likeness (QED) is 0.475. The molecule has 4 nitrogen and oxygen atoms in total. The molecule has 0 bridgehead atoms. The van der Waals surface area contributed by atoms with E-state index in [2.05, 4.69) is 55.7 Å². The van der Waals surface area contributed by atoms with E-state index in [9.17, 15) is 5.11 Å². The predicted molar refractivity (Wildman–Crippen MR) is 121 cm³/mol. The Balaban J connectivity index is 1.54. The molecule has 154 valence electrons. The van der Waals surface area contributed by atoms with Gasteiger partial charge < -0.3 is 14.4 Å². The van der Waals surface area contributed by atoms with Crippen LogP contribution in [0.15, 0.2) is 66.7 Å². The summed E-state index contributed by atoms with van der Waals surface area (Å²) >= 11 is 0. The number of aromatic nitrogens is 2. The third-order valence-corrected chi connectivity index (χ3v) is 5.66. The SMILES string of the molecule is Cc1ccc(OC[C@@H](O)Cn2c(Cc3ccccc3C)nc3ccccc32)cc1C. The minimum Gasteiger partial charge on any atom is -0.491 e. The second-order valence-electron chi connectivity index (χ2n) is 7.94. The molecule has 4 rings (SSSR count). The van der Waals surface area contributed by atoms with Gasteiger partial charge in [0, 0.05) is 6.42 Å². The maximum atomic E-state index is 10.7. The van der Waals surface area contributed by atoms with E-state index in [1.54, 1.807) is 0 Å². The number of benzene rings is 3. The van der Waals surface area contributed by atoms with Crippen molar-refractivity contribution in [3.63, 3.8) is 0 Å². The topological polar surface area (TPSA) is 47.3 Å². The van der Waals surface area contributed by atoms with Gasteiger partial charge in [0.1, 0.15) is 24.3 Å². The van der Waals surface area contributed by atoms with Crippen LogP contribution in [0.5, 0.6) is 5.75 Å². The number of aliphatic hydroxyl groups is 1. The molecule has 0 saturated carbocycles. The summed E-state index contributed by atoms with van der Waals surface area (Å²) in [5.41, 5.74) is 6.89. The summed E-state index contributed by atoms with van der Waals surface area (Å²) in [6.07, 6.45) is 0.0892. The molecule has 3 aromatic carbocycles. The molecule has 0 aliphatic rings. The molecule has 0 saturated heterocycles. The van der Waals surface area contributed by atoms with Crippen molar-refractivity contribution >= 4 is 11.0 Å². The third kappa shape index (κ3) is 4.39. The molecule has 1 N–H and O–H groups in total. The van der Waals surface area contributed by atoms with Gasteiger partial charge in [-0.2, -0.15) is 0 Å². The number of imidazole rings is 1. The van der Waals surface area contributed by atoms with Crippen LogP contribution >= 0.6 is 0 Å². The summed E-state index contributed by atoms with van der Waals surface area (Å²) in [7, 11) is 0. The van der Waals surface area contributed by atoms with Crippen molar-refractivity contribution in [3.05, 3.63) is 94.8 Å². The Bertz CT molecular complexity index is 1160. The highest BCUT2D eigenvalue weighted by Gasteiger charge is 2.16. The first-order valence-corrected chi connectivity index (χ1v) is 10.4. The first-order valence-electron chi connectivity index (χ1n) is 10.4. The summed E-state index contributed by atoms with van der Waals surface area (Å²) in [5, 5.41) is 10.7. The van der Waals surface area contributed by atoms with E-state index in [-0.39, 0.29) is 6.61 Å². The molecule has 4 heteroatoms. The Labute approximate surface area is 177 Å². The van der Waals surface area contributed by atoms with Crippen LogP contribution in [0.1, 0.15) is 28.1 Å². The zero-order chi connectivity index (χ0) is 21.1. The fourth-order valence-electron chi connectivity index (χ4n) is 3.70. The van der Waals surface area contributed by atoms with E-state index < -0.39 is 6.10 Å². The second kappa shape index (κ2) is 8.72. The number of nitrogens with zero attached hydrogens (tertiary/aromatic N) is 2. The zero-order valence-electron chi connectivity index (χ0n) is 17.8. The zero-order valence-corrected chi connectivity index (χ0v) is 17.8. The van der Waals surface area contributed by atoms with E-state index >= 15 is 0 Å². The standard InChI is InChI=1S/C26H28N2O2/c1-18-12-13-23(14-20(18)3)30-17-22(29)16-28-25-11-7-6-10-24(25)27-26(28)15-21-9-5-4-8-19(21)2/h4-14,22,29H,15-17H2,1-3H3/t22-/m0/s1. The third-order valence-electron chi connectivity index (χ3n) is 5.66. The predicted octanol–water partition coefficient (Wildman–Crippen LogP) is 4.99. The molecule has 0 aliphatic carbocycles. The van der Waals surface area contributed by atoms with Crippen LogP contribution < -0.4 is 4.74 Å². The van der Waals surface area contributed by atoms with Gasteiger partial charge in [0.15, 0.2) is 0 Å². The minimum atomic E-state index is -0.639. The molecule has 0 amide bonds. The van der Waals surface area contributed by atoms with Crippen molar-refractivity contribution < 1.29 is 9.84 Å². The molecule has 0 radical (unpaired) electrons. The van der Waals surface area contributed by atoms with E-state index in [0.29, 0.717) is 6.54 Å². The maximum Gasteiger partial charge on any atom is 0.119 e. The summed E-state index contributed by atoms with van der Waals surface area (Å²) in [4.78, 5) is 4.85. The molecular weight excluding hydrogens is 372 g/mol. The Morgan fingerprint density at radius 3 is 2.47 bits per heavy atom. The summed E-state index contributed by atoms with van der Waals surface area (Å²) in [5.74, 6) is 1.74. The first-order chi connectivity index (χ1) is 14.5. The number of hydrogen-bond donors (Lipinski definition) is 1. The number of fused-ring (bicyclic) bond motifs is 1. The van der Waals surface area contributed by atoms with Gasteiger partial charge in [-0.3, -0.25) is 0 Å². The molecule has 0 unspecified atom stereocenters. The normalized spacial score (nSPS) is 12.3. The Morgan fingerprint density at radius 1 is 0.900 bits per heavy atom. The van der Waals surface area contributed by atoms with E-state index in [0.717, 1.165) is 29.0 Å². The maximum absolute atomic E-state index is 10.7. The minimum absolute atomic E-state index is 0.235. The fourth-order valence-corrected chi connectivity index (χ4v) is 3.70. The van der Waals surface area contributed by atoms with Gasteiger partial charge in [-0.15, -0.1) is 0 Å². The van der Waals surface area contributed by atoms with Gasteiger partial charge in [0.2, 0.25) is 0 Å². The molecular formula is C26H28N2O2. The fraction of sp³-hybridized carbons (Fsp3) is 0.269. The Hall–Kier alpha value is -3.11. The van der Waals surface area contributed by atoms with Crippen molar-refractivity contribution in [2.75, 3.05) is 6.61 Å². The van der Waals surface area contributed by atoms with Crippen molar-refractivity contribution in [3.8, 4) is 5.75 Å². The monoisotopic (exact) mass is 400 g/mol. The van der Waals surface area contributed by atoms with Gasteiger partial charge in [0.25, 0.3) is 0 Å². The molecule has 30 heavy (non-hydrogen) atoms. The number of hydrogen-bond acceptors (Lipinski definition) is 3. The number of aliphatic hydroxyl groups excluding tert-OH is 1. The van der Waals surface area contributed by atoms with Crippen molar-refractivity contribution in [2.24, 2.45) is 0 Å². The first kappa shape index (κ1) is 20.2. The largest absolute Gasteiger partial charge is 0.491 e.